The molecule has 0 aliphatic rings. The van der Waals surface area contributed by atoms with Gasteiger partial charge in [-0.2, -0.15) is 5.10 Å². The van der Waals surface area contributed by atoms with Gasteiger partial charge in [0.1, 0.15) is 0 Å². The maximum atomic E-state index is 5.09. The molecule has 4 nitrogen and oxygen atoms in total. The first-order valence-corrected chi connectivity index (χ1v) is 7.70. The molecule has 1 unspecified atom stereocenters. The molecule has 1 N–H and O–H groups in total. The average Bonchev–Trinajstić information content (AvgIpc) is 2.81. The van der Waals surface area contributed by atoms with Crippen molar-refractivity contribution in [3.8, 4) is 0 Å². The second-order valence-electron chi connectivity index (χ2n) is 6.10. The molecule has 0 fully saturated rings. The molecule has 0 aliphatic heterocycles. The number of hydrogen-bond acceptors (Lipinski definition) is 3. The zero-order valence-corrected chi connectivity index (χ0v) is 13.6. The van der Waals surface area contributed by atoms with E-state index in [9.17, 15) is 0 Å². The number of nitrogens with zero attached hydrogens (tertiary/aromatic N) is 2. The third-order valence-electron chi connectivity index (χ3n) is 4.32. The quantitative estimate of drug-likeness (QED) is 0.760. The van der Waals surface area contributed by atoms with Crippen LogP contribution in [0.1, 0.15) is 26.0 Å². The van der Waals surface area contributed by atoms with E-state index in [1.807, 2.05) is 11.7 Å². The number of ether oxygens (including phenoxy) is 1. The van der Waals surface area contributed by atoms with Gasteiger partial charge in [-0.1, -0.05) is 32.0 Å². The van der Waals surface area contributed by atoms with Crippen LogP contribution in [-0.4, -0.2) is 36.6 Å². The molecule has 1 aromatic carbocycles. The summed E-state index contributed by atoms with van der Waals surface area (Å²) >= 11 is 0. The van der Waals surface area contributed by atoms with Crippen molar-refractivity contribution in [2.45, 2.75) is 26.7 Å². The number of methoxy groups -OCH3 is 1. The standard InChI is InChI=1S/C17H27N3O/c1-5-17(2,13-18-10-11-21-4)12-15-14-8-6-7-9-16(14)20(3)19-15/h6-9,18H,5,10-13H2,1-4H3. The molecular weight excluding hydrogens is 262 g/mol. The van der Waals surface area contributed by atoms with E-state index in [1.165, 1.54) is 16.6 Å². The Hall–Kier alpha value is -1.39. The van der Waals surface area contributed by atoms with Gasteiger partial charge < -0.3 is 10.1 Å². The van der Waals surface area contributed by atoms with Crippen LogP contribution >= 0.6 is 0 Å². The van der Waals surface area contributed by atoms with Crippen molar-refractivity contribution < 1.29 is 4.74 Å². The third-order valence-corrected chi connectivity index (χ3v) is 4.32. The van der Waals surface area contributed by atoms with Crippen molar-refractivity contribution in [1.29, 1.82) is 0 Å². The third kappa shape index (κ3) is 3.83. The number of benzene rings is 1. The minimum atomic E-state index is 0.213. The van der Waals surface area contributed by atoms with Crippen LogP contribution in [0, 0.1) is 5.41 Å². The average molecular weight is 289 g/mol. The first-order chi connectivity index (χ1) is 10.1. The van der Waals surface area contributed by atoms with Crippen molar-refractivity contribution in [3.05, 3.63) is 30.0 Å². The Balaban J connectivity index is 2.12. The first-order valence-electron chi connectivity index (χ1n) is 7.70. The minimum absolute atomic E-state index is 0.213. The molecular formula is C17H27N3O. The van der Waals surface area contributed by atoms with Crippen LogP contribution in [0.15, 0.2) is 24.3 Å². The number of para-hydroxylation sites is 1. The fourth-order valence-electron chi connectivity index (χ4n) is 2.70. The summed E-state index contributed by atoms with van der Waals surface area (Å²) in [5, 5.41) is 9.50. The smallest absolute Gasteiger partial charge is 0.0709 e. The van der Waals surface area contributed by atoms with Gasteiger partial charge in [-0.15, -0.1) is 0 Å². The molecule has 0 spiro atoms. The number of aromatic nitrogens is 2. The summed E-state index contributed by atoms with van der Waals surface area (Å²) in [5.74, 6) is 0. The molecule has 1 heterocycles. The van der Waals surface area contributed by atoms with Crippen molar-refractivity contribution in [2.75, 3.05) is 26.8 Å². The van der Waals surface area contributed by atoms with Crippen LogP contribution < -0.4 is 5.32 Å². The summed E-state index contributed by atoms with van der Waals surface area (Å²) in [6.45, 7) is 7.22. The second kappa shape index (κ2) is 7.05. The minimum Gasteiger partial charge on any atom is -0.383 e. The normalized spacial score (nSPS) is 14.5. The Morgan fingerprint density at radius 3 is 2.81 bits per heavy atom. The Bertz CT molecular complexity index is 578. The van der Waals surface area contributed by atoms with E-state index >= 15 is 0 Å². The van der Waals surface area contributed by atoms with E-state index in [1.54, 1.807) is 7.11 Å². The van der Waals surface area contributed by atoms with E-state index in [4.69, 9.17) is 9.84 Å². The van der Waals surface area contributed by atoms with Crippen LogP contribution in [-0.2, 0) is 18.2 Å². The number of rotatable bonds is 8. The summed E-state index contributed by atoms with van der Waals surface area (Å²) in [7, 11) is 3.76. The zero-order chi connectivity index (χ0) is 15.3. The van der Waals surface area contributed by atoms with E-state index < -0.39 is 0 Å². The highest BCUT2D eigenvalue weighted by Gasteiger charge is 2.25. The lowest BCUT2D eigenvalue weighted by Gasteiger charge is -2.28. The molecule has 0 saturated carbocycles. The van der Waals surface area contributed by atoms with Gasteiger partial charge in [-0.25, -0.2) is 0 Å². The SMILES string of the molecule is CCC(C)(CNCCOC)Cc1nn(C)c2ccccc12. The maximum Gasteiger partial charge on any atom is 0.0709 e. The molecule has 4 heteroatoms. The van der Waals surface area contributed by atoms with E-state index in [2.05, 4.69) is 43.4 Å². The van der Waals surface area contributed by atoms with Gasteiger partial charge in [0, 0.05) is 32.6 Å². The van der Waals surface area contributed by atoms with E-state index in [-0.39, 0.29) is 5.41 Å². The summed E-state index contributed by atoms with van der Waals surface area (Å²) in [6, 6.07) is 8.46. The molecule has 1 aromatic heterocycles. The topological polar surface area (TPSA) is 39.1 Å². The van der Waals surface area contributed by atoms with Crippen LogP contribution in [0.25, 0.3) is 10.9 Å². The van der Waals surface area contributed by atoms with Crippen molar-refractivity contribution in [3.63, 3.8) is 0 Å². The van der Waals surface area contributed by atoms with Gasteiger partial charge in [0.2, 0.25) is 0 Å². The van der Waals surface area contributed by atoms with Gasteiger partial charge in [0.15, 0.2) is 0 Å². The van der Waals surface area contributed by atoms with Crippen LogP contribution in [0.4, 0.5) is 0 Å². The van der Waals surface area contributed by atoms with Gasteiger partial charge in [0.05, 0.1) is 17.8 Å². The van der Waals surface area contributed by atoms with Crippen LogP contribution in [0.2, 0.25) is 0 Å². The van der Waals surface area contributed by atoms with E-state index in [0.717, 1.165) is 32.5 Å². The monoisotopic (exact) mass is 289 g/mol. The predicted octanol–water partition coefficient (Wildman–Crippen LogP) is 2.77. The molecule has 116 valence electrons. The van der Waals surface area contributed by atoms with Gasteiger partial charge in [0.25, 0.3) is 0 Å². The summed E-state index contributed by atoms with van der Waals surface area (Å²) in [5.41, 5.74) is 2.62. The molecule has 0 radical (unpaired) electrons. The lowest BCUT2D eigenvalue weighted by atomic mass is 9.82. The number of fused-ring (bicyclic) bond motifs is 1. The van der Waals surface area contributed by atoms with Gasteiger partial charge in [-0.3, -0.25) is 4.68 Å². The van der Waals surface area contributed by atoms with E-state index in [0.29, 0.717) is 0 Å². The van der Waals surface area contributed by atoms with Crippen LogP contribution in [0.3, 0.4) is 0 Å². The molecule has 0 bridgehead atoms. The Morgan fingerprint density at radius 1 is 1.33 bits per heavy atom. The second-order valence-corrected chi connectivity index (χ2v) is 6.10. The molecule has 2 aromatic rings. The Morgan fingerprint density at radius 2 is 2.10 bits per heavy atom. The fourth-order valence-corrected chi connectivity index (χ4v) is 2.70. The zero-order valence-electron chi connectivity index (χ0n) is 13.6. The molecule has 0 aliphatic carbocycles. The Labute approximate surface area is 127 Å². The highest BCUT2D eigenvalue weighted by Crippen LogP contribution is 2.29. The number of nitrogens with one attached hydrogen (secondary N) is 1. The molecule has 0 saturated heterocycles. The summed E-state index contributed by atoms with van der Waals surface area (Å²) in [6.07, 6.45) is 2.11. The van der Waals surface area contributed by atoms with Crippen LogP contribution in [0.5, 0.6) is 0 Å². The fraction of sp³-hybridized carbons (Fsp3) is 0.588. The lowest BCUT2D eigenvalue weighted by molar-refractivity contribution is 0.191. The van der Waals surface area contributed by atoms with Crippen molar-refractivity contribution in [2.24, 2.45) is 12.5 Å². The van der Waals surface area contributed by atoms with Gasteiger partial charge in [-0.05, 0) is 24.3 Å². The molecule has 21 heavy (non-hydrogen) atoms. The highest BCUT2D eigenvalue weighted by atomic mass is 16.5. The van der Waals surface area contributed by atoms with Crippen molar-refractivity contribution in [1.82, 2.24) is 15.1 Å². The molecule has 1 atom stereocenters. The largest absolute Gasteiger partial charge is 0.383 e. The molecule has 2 rings (SSSR count). The van der Waals surface area contributed by atoms with Crippen molar-refractivity contribution >= 4 is 10.9 Å². The number of aryl methyl sites for hydroxylation is 1. The number of hydrogen-bond donors (Lipinski definition) is 1. The van der Waals surface area contributed by atoms with Gasteiger partial charge >= 0.3 is 0 Å². The summed E-state index contributed by atoms with van der Waals surface area (Å²) < 4.78 is 7.08. The predicted molar refractivity (Wildman–Crippen MR) is 87.6 cm³/mol. The first kappa shape index (κ1) is 16.0. The lowest BCUT2D eigenvalue weighted by Crippen LogP contribution is -2.35. The summed E-state index contributed by atoms with van der Waals surface area (Å²) in [4.78, 5) is 0. The highest BCUT2D eigenvalue weighted by molar-refractivity contribution is 5.81. The Kier molecular flexibility index (Phi) is 5.37. The maximum absolute atomic E-state index is 5.09. The molecule has 0 amide bonds.